The van der Waals surface area contributed by atoms with Crippen molar-refractivity contribution in [2.45, 2.75) is 34.6 Å². The topological polar surface area (TPSA) is 71.8 Å². The number of hydrogen-bond donors (Lipinski definition) is 0. The molecule has 7 nitrogen and oxygen atoms in total. The molecule has 8 heteroatoms. The van der Waals surface area contributed by atoms with Gasteiger partial charge in [0.05, 0.1) is 23.5 Å². The van der Waals surface area contributed by atoms with Gasteiger partial charge in [0.1, 0.15) is 5.57 Å². The average Bonchev–Trinajstić information content (AvgIpc) is 3.26. The molecule has 1 fully saturated rings. The maximum Gasteiger partial charge on any atom is 0.338 e. The molecule has 42 heavy (non-hydrogen) atoms. The van der Waals surface area contributed by atoms with E-state index in [9.17, 15) is 14.4 Å². The number of esters is 1. The van der Waals surface area contributed by atoms with Crippen LogP contribution in [0, 0.1) is 27.7 Å². The van der Waals surface area contributed by atoms with E-state index in [4.69, 9.17) is 17.0 Å². The van der Waals surface area contributed by atoms with E-state index >= 15 is 0 Å². The van der Waals surface area contributed by atoms with Crippen molar-refractivity contribution in [3.8, 4) is 5.69 Å². The summed E-state index contributed by atoms with van der Waals surface area (Å²) < 4.78 is 7.11. The average molecular weight is 578 g/mol. The van der Waals surface area contributed by atoms with Crippen LogP contribution in [0.2, 0.25) is 0 Å². The smallest absolute Gasteiger partial charge is 0.338 e. The number of para-hydroxylation sites is 1. The van der Waals surface area contributed by atoms with Gasteiger partial charge in [0, 0.05) is 17.1 Å². The molecule has 0 bridgehead atoms. The molecule has 0 radical (unpaired) electrons. The van der Waals surface area contributed by atoms with Gasteiger partial charge >= 0.3 is 5.97 Å². The summed E-state index contributed by atoms with van der Waals surface area (Å²) in [5.41, 5.74) is 7.04. The summed E-state index contributed by atoms with van der Waals surface area (Å²) in [7, 11) is 0. The predicted molar refractivity (Wildman–Crippen MR) is 169 cm³/mol. The lowest BCUT2D eigenvalue weighted by atomic mass is 10.0. The highest BCUT2D eigenvalue weighted by Crippen LogP contribution is 2.32. The monoisotopic (exact) mass is 577 g/mol. The van der Waals surface area contributed by atoms with Crippen molar-refractivity contribution in [2.75, 3.05) is 16.4 Å². The minimum atomic E-state index is -0.486. The highest BCUT2D eigenvalue weighted by atomic mass is 32.1. The van der Waals surface area contributed by atoms with Crippen LogP contribution in [-0.2, 0) is 14.3 Å². The van der Waals surface area contributed by atoms with Crippen LogP contribution in [0.3, 0.4) is 0 Å². The Kier molecular flexibility index (Phi) is 7.91. The van der Waals surface area contributed by atoms with Gasteiger partial charge in [-0.3, -0.25) is 19.4 Å². The Bertz CT molecular complexity index is 1750. The Labute approximate surface area is 250 Å². The predicted octanol–water partition coefficient (Wildman–Crippen LogP) is 6.64. The number of rotatable bonds is 6. The number of ether oxygens (including phenoxy) is 1. The first-order chi connectivity index (χ1) is 20.1. The fraction of sp³-hybridized carbons (Fsp3) is 0.176. The van der Waals surface area contributed by atoms with Gasteiger partial charge < -0.3 is 9.30 Å². The Morgan fingerprint density at radius 3 is 2.02 bits per heavy atom. The fourth-order valence-electron chi connectivity index (χ4n) is 5.07. The van der Waals surface area contributed by atoms with Crippen LogP contribution in [0.1, 0.15) is 45.4 Å². The van der Waals surface area contributed by atoms with Crippen molar-refractivity contribution in [1.29, 1.82) is 0 Å². The summed E-state index contributed by atoms with van der Waals surface area (Å²) in [6.45, 7) is 9.92. The van der Waals surface area contributed by atoms with Crippen LogP contribution in [-0.4, -0.2) is 34.1 Å². The lowest BCUT2D eigenvalue weighted by molar-refractivity contribution is -0.120. The molecule has 3 aromatic carbocycles. The minimum absolute atomic E-state index is 0.00332. The third kappa shape index (κ3) is 5.17. The van der Waals surface area contributed by atoms with Gasteiger partial charge in [0.15, 0.2) is 5.11 Å². The van der Waals surface area contributed by atoms with Crippen molar-refractivity contribution < 1.29 is 19.1 Å². The molecule has 1 saturated heterocycles. The van der Waals surface area contributed by atoms with Crippen molar-refractivity contribution in [3.05, 3.63) is 118 Å². The van der Waals surface area contributed by atoms with Gasteiger partial charge in [-0.25, -0.2) is 4.79 Å². The zero-order valence-electron chi connectivity index (χ0n) is 24.2. The molecule has 1 aliphatic rings. The minimum Gasteiger partial charge on any atom is -0.462 e. The first kappa shape index (κ1) is 28.7. The van der Waals surface area contributed by atoms with Crippen LogP contribution in [0.5, 0.6) is 0 Å². The second kappa shape index (κ2) is 11.6. The van der Waals surface area contributed by atoms with Gasteiger partial charge in [-0.15, -0.1) is 0 Å². The molecule has 212 valence electrons. The molecule has 1 aliphatic heterocycles. The third-order valence-corrected chi connectivity index (χ3v) is 7.78. The molecular weight excluding hydrogens is 546 g/mol. The van der Waals surface area contributed by atoms with E-state index in [0.29, 0.717) is 23.5 Å². The molecule has 0 atom stereocenters. The standard InChI is InChI=1S/C34H31N3O4S/c1-6-41-33(40)25-13-16-28(17-14-25)35-23(4)19-26(24(35)5)20-30-31(38)36(27-10-8-7-9-11-27)34(42)37(32(30)39)29-15-12-21(2)22(3)18-29/h7-20H,6H2,1-5H3. The molecule has 0 N–H and O–H groups in total. The fourth-order valence-corrected chi connectivity index (χ4v) is 5.45. The number of anilines is 2. The number of nitrogens with zero attached hydrogens (tertiary/aromatic N) is 3. The number of aryl methyl sites for hydroxylation is 3. The van der Waals surface area contributed by atoms with Crippen molar-refractivity contribution in [2.24, 2.45) is 0 Å². The molecule has 0 spiro atoms. The van der Waals surface area contributed by atoms with E-state index in [1.54, 1.807) is 37.3 Å². The molecule has 1 aromatic heterocycles. The number of hydrogen-bond acceptors (Lipinski definition) is 5. The van der Waals surface area contributed by atoms with E-state index < -0.39 is 11.8 Å². The zero-order valence-corrected chi connectivity index (χ0v) is 25.0. The summed E-state index contributed by atoms with van der Waals surface area (Å²) in [5, 5.41) is 0.101. The van der Waals surface area contributed by atoms with Gasteiger partial charge in [0.2, 0.25) is 0 Å². The van der Waals surface area contributed by atoms with E-state index in [1.165, 1.54) is 9.80 Å². The van der Waals surface area contributed by atoms with E-state index in [1.807, 2.05) is 86.9 Å². The molecule has 0 aliphatic carbocycles. The summed E-state index contributed by atoms with van der Waals surface area (Å²) in [6.07, 6.45) is 1.64. The van der Waals surface area contributed by atoms with Gasteiger partial charge in [0.25, 0.3) is 11.8 Å². The molecule has 2 heterocycles. The summed E-state index contributed by atoms with van der Waals surface area (Å²) in [4.78, 5) is 42.9. The largest absolute Gasteiger partial charge is 0.462 e. The summed E-state index contributed by atoms with van der Waals surface area (Å²) in [6, 6.07) is 23.8. The Morgan fingerprint density at radius 1 is 0.786 bits per heavy atom. The number of amides is 2. The second-order valence-electron chi connectivity index (χ2n) is 10.2. The SMILES string of the molecule is CCOC(=O)c1ccc(-n2c(C)cc(C=C3C(=O)N(c4ccccc4)C(=S)N(c4ccc(C)c(C)c4)C3=O)c2C)cc1. The molecule has 4 aromatic rings. The Hall–Kier alpha value is -4.82. The normalized spacial score (nSPS) is 14.6. The second-order valence-corrected chi connectivity index (χ2v) is 10.5. The molecule has 5 rings (SSSR count). The van der Waals surface area contributed by atoms with Crippen LogP contribution in [0.15, 0.2) is 84.4 Å². The van der Waals surface area contributed by atoms with Gasteiger partial charge in [-0.05, 0) is 124 Å². The lowest BCUT2D eigenvalue weighted by Crippen LogP contribution is -2.57. The third-order valence-electron chi connectivity index (χ3n) is 7.42. The molecular formula is C34H31N3O4S. The highest BCUT2D eigenvalue weighted by Gasteiger charge is 2.41. The molecule has 0 unspecified atom stereocenters. The zero-order chi connectivity index (χ0) is 30.1. The van der Waals surface area contributed by atoms with Gasteiger partial charge in [-0.1, -0.05) is 24.3 Å². The number of carbonyl (C=O) groups excluding carboxylic acids is 3. The summed E-state index contributed by atoms with van der Waals surface area (Å²) in [5.74, 6) is -1.34. The Balaban J connectivity index is 1.60. The number of carbonyl (C=O) groups is 3. The first-order valence-corrected chi connectivity index (χ1v) is 14.1. The Morgan fingerprint density at radius 2 is 1.40 bits per heavy atom. The maximum absolute atomic E-state index is 14.0. The van der Waals surface area contributed by atoms with Crippen LogP contribution < -0.4 is 9.80 Å². The van der Waals surface area contributed by atoms with Gasteiger partial charge in [-0.2, -0.15) is 0 Å². The number of aromatic nitrogens is 1. The molecule has 2 amide bonds. The summed E-state index contributed by atoms with van der Waals surface area (Å²) >= 11 is 5.77. The quantitative estimate of drug-likeness (QED) is 0.111. The van der Waals surface area contributed by atoms with E-state index in [0.717, 1.165) is 33.8 Å². The number of thiocarbonyl (C=S) groups is 1. The van der Waals surface area contributed by atoms with Crippen LogP contribution in [0.4, 0.5) is 11.4 Å². The van der Waals surface area contributed by atoms with E-state index in [-0.39, 0.29) is 16.7 Å². The highest BCUT2D eigenvalue weighted by molar-refractivity contribution is 7.81. The van der Waals surface area contributed by atoms with Crippen molar-refractivity contribution >= 4 is 52.6 Å². The van der Waals surface area contributed by atoms with Crippen LogP contribution in [0.25, 0.3) is 11.8 Å². The maximum atomic E-state index is 14.0. The van der Waals surface area contributed by atoms with Crippen molar-refractivity contribution in [3.63, 3.8) is 0 Å². The lowest BCUT2D eigenvalue weighted by Gasteiger charge is -2.36. The number of benzene rings is 3. The van der Waals surface area contributed by atoms with Crippen LogP contribution >= 0.6 is 12.2 Å². The molecule has 0 saturated carbocycles. The van der Waals surface area contributed by atoms with E-state index in [2.05, 4.69) is 0 Å². The first-order valence-electron chi connectivity index (χ1n) is 13.7. The van der Waals surface area contributed by atoms with Crippen molar-refractivity contribution in [1.82, 2.24) is 4.57 Å².